The Morgan fingerprint density at radius 1 is 1.20 bits per heavy atom. The van der Waals surface area contributed by atoms with Crippen molar-refractivity contribution in [2.24, 2.45) is 0 Å². The Bertz CT molecular complexity index is 1020. The van der Waals surface area contributed by atoms with E-state index < -0.39 is 5.72 Å². The molecular formula is C23H25IN2O4. The SMILES string of the molecule is CN1c2ccc(OCCCCI)cc2C(C)(C)C12C=Cc1cc([N+](=O)[O-])ccc1O2. The number of unbranched alkanes of at least 4 members (excludes halogenated alkanes) is 1. The number of hydrogen-bond donors (Lipinski definition) is 0. The normalized spacial score (nSPS) is 20.6. The van der Waals surface area contributed by atoms with Gasteiger partial charge in [-0.1, -0.05) is 22.6 Å². The van der Waals surface area contributed by atoms with Gasteiger partial charge in [0.25, 0.3) is 5.69 Å². The summed E-state index contributed by atoms with van der Waals surface area (Å²) < 4.78 is 13.7. The summed E-state index contributed by atoms with van der Waals surface area (Å²) in [5, 5.41) is 11.1. The lowest BCUT2D eigenvalue weighted by Gasteiger charge is -2.45. The number of likely N-dealkylation sites (N-methyl/N-ethyl adjacent to an activating group) is 1. The monoisotopic (exact) mass is 520 g/mol. The van der Waals surface area contributed by atoms with E-state index in [1.54, 1.807) is 12.1 Å². The van der Waals surface area contributed by atoms with E-state index in [0.29, 0.717) is 17.9 Å². The van der Waals surface area contributed by atoms with Gasteiger partial charge in [0, 0.05) is 30.4 Å². The van der Waals surface area contributed by atoms with Gasteiger partial charge in [0.2, 0.25) is 5.72 Å². The number of anilines is 1. The lowest BCUT2D eigenvalue weighted by atomic mass is 9.76. The molecule has 158 valence electrons. The second-order valence-corrected chi connectivity index (χ2v) is 9.30. The van der Waals surface area contributed by atoms with Gasteiger partial charge in [-0.3, -0.25) is 10.1 Å². The van der Waals surface area contributed by atoms with Crippen molar-refractivity contribution in [2.75, 3.05) is 23.0 Å². The van der Waals surface area contributed by atoms with E-state index in [4.69, 9.17) is 9.47 Å². The molecule has 0 saturated carbocycles. The van der Waals surface area contributed by atoms with Crippen molar-refractivity contribution in [1.82, 2.24) is 0 Å². The molecule has 0 saturated heterocycles. The Balaban J connectivity index is 1.66. The van der Waals surface area contributed by atoms with Gasteiger partial charge < -0.3 is 14.4 Å². The zero-order valence-corrected chi connectivity index (χ0v) is 19.5. The van der Waals surface area contributed by atoms with Crippen LogP contribution in [-0.4, -0.2) is 28.7 Å². The second-order valence-electron chi connectivity index (χ2n) is 8.22. The van der Waals surface area contributed by atoms with E-state index in [2.05, 4.69) is 53.5 Å². The van der Waals surface area contributed by atoms with E-state index in [0.717, 1.165) is 34.3 Å². The molecule has 6 nitrogen and oxygen atoms in total. The molecule has 0 aliphatic carbocycles. The number of alkyl halides is 1. The standard InChI is InChI=1S/C23H25IN2O4/c1-22(2)19-15-18(29-13-5-4-12-24)7-8-20(19)25(3)23(22)11-10-16-14-17(26(27)28)6-9-21(16)30-23/h6-11,14-15H,4-5,12-13H2,1-3H3. The molecular weight excluding hydrogens is 495 g/mol. The predicted octanol–water partition coefficient (Wildman–Crippen LogP) is 5.72. The summed E-state index contributed by atoms with van der Waals surface area (Å²) >= 11 is 2.38. The number of fused-ring (bicyclic) bond motifs is 2. The van der Waals surface area contributed by atoms with Gasteiger partial charge in [-0.15, -0.1) is 0 Å². The minimum absolute atomic E-state index is 0.0598. The third kappa shape index (κ3) is 3.23. The van der Waals surface area contributed by atoms with Crippen LogP contribution in [0.15, 0.2) is 42.5 Å². The fourth-order valence-electron chi connectivity index (χ4n) is 4.37. The molecule has 1 spiro atoms. The van der Waals surface area contributed by atoms with Gasteiger partial charge in [0.1, 0.15) is 11.5 Å². The number of hydrogen-bond acceptors (Lipinski definition) is 5. The van der Waals surface area contributed by atoms with Crippen LogP contribution < -0.4 is 14.4 Å². The third-order valence-corrected chi connectivity index (χ3v) is 6.91. The molecule has 0 aromatic heterocycles. The number of non-ortho nitro benzene ring substituents is 1. The average Bonchev–Trinajstić information content (AvgIpc) is 2.89. The predicted molar refractivity (Wildman–Crippen MR) is 127 cm³/mol. The quantitative estimate of drug-likeness (QED) is 0.160. The van der Waals surface area contributed by atoms with Gasteiger partial charge >= 0.3 is 0 Å². The summed E-state index contributed by atoms with van der Waals surface area (Å²) in [6, 6.07) is 10.9. The van der Waals surface area contributed by atoms with Crippen molar-refractivity contribution in [2.45, 2.75) is 37.8 Å². The minimum Gasteiger partial charge on any atom is -0.494 e. The van der Waals surface area contributed by atoms with Gasteiger partial charge in [0.05, 0.1) is 16.9 Å². The fourth-order valence-corrected chi connectivity index (χ4v) is 4.91. The molecule has 0 bridgehead atoms. The molecule has 2 aliphatic heterocycles. The van der Waals surface area contributed by atoms with Crippen LogP contribution in [0.3, 0.4) is 0 Å². The summed E-state index contributed by atoms with van der Waals surface area (Å²) in [5.41, 5.74) is 1.94. The molecule has 7 heteroatoms. The maximum absolute atomic E-state index is 11.1. The molecule has 2 aromatic rings. The van der Waals surface area contributed by atoms with Crippen molar-refractivity contribution in [3.63, 3.8) is 0 Å². The summed E-state index contributed by atoms with van der Waals surface area (Å²) in [4.78, 5) is 12.9. The number of nitro groups is 1. The van der Waals surface area contributed by atoms with Crippen molar-refractivity contribution in [3.8, 4) is 11.5 Å². The largest absolute Gasteiger partial charge is 0.494 e. The van der Waals surface area contributed by atoms with E-state index >= 15 is 0 Å². The molecule has 0 fully saturated rings. The number of halogens is 1. The van der Waals surface area contributed by atoms with E-state index in [9.17, 15) is 10.1 Å². The number of nitro benzene ring substituents is 1. The first-order valence-electron chi connectivity index (χ1n) is 10.0. The number of ether oxygens (including phenoxy) is 2. The highest BCUT2D eigenvalue weighted by atomic mass is 127. The van der Waals surface area contributed by atoms with Crippen LogP contribution in [0.5, 0.6) is 11.5 Å². The Morgan fingerprint density at radius 2 is 2.00 bits per heavy atom. The molecule has 1 atom stereocenters. The first-order valence-corrected chi connectivity index (χ1v) is 11.6. The summed E-state index contributed by atoms with van der Waals surface area (Å²) in [6.07, 6.45) is 6.14. The Kier molecular flexibility index (Phi) is 5.42. The molecule has 4 rings (SSSR count). The van der Waals surface area contributed by atoms with Crippen molar-refractivity contribution >= 4 is 40.0 Å². The molecule has 0 radical (unpaired) electrons. The topological polar surface area (TPSA) is 64.8 Å². The van der Waals surface area contributed by atoms with Crippen LogP contribution in [-0.2, 0) is 5.41 Å². The van der Waals surface area contributed by atoms with Crippen LogP contribution in [0.25, 0.3) is 6.08 Å². The van der Waals surface area contributed by atoms with Crippen LogP contribution in [0.2, 0.25) is 0 Å². The van der Waals surface area contributed by atoms with E-state index in [1.165, 1.54) is 6.07 Å². The van der Waals surface area contributed by atoms with Gasteiger partial charge in [-0.25, -0.2) is 0 Å². The van der Waals surface area contributed by atoms with Crippen molar-refractivity contribution in [3.05, 3.63) is 63.7 Å². The number of nitrogens with zero attached hydrogens (tertiary/aromatic N) is 2. The summed E-state index contributed by atoms with van der Waals surface area (Å²) in [5.74, 6) is 1.52. The van der Waals surface area contributed by atoms with E-state index in [1.807, 2.05) is 25.3 Å². The maximum atomic E-state index is 11.1. The molecule has 30 heavy (non-hydrogen) atoms. The van der Waals surface area contributed by atoms with Crippen LogP contribution in [0.4, 0.5) is 11.4 Å². The highest BCUT2D eigenvalue weighted by molar-refractivity contribution is 14.1. The minimum atomic E-state index is -0.724. The van der Waals surface area contributed by atoms with Crippen LogP contribution >= 0.6 is 22.6 Å². The Morgan fingerprint density at radius 3 is 2.73 bits per heavy atom. The van der Waals surface area contributed by atoms with Gasteiger partial charge in [-0.05, 0) is 73.1 Å². The first-order chi connectivity index (χ1) is 14.3. The van der Waals surface area contributed by atoms with Crippen molar-refractivity contribution in [1.29, 1.82) is 0 Å². The maximum Gasteiger partial charge on any atom is 0.270 e. The Hall–Kier alpha value is -2.29. The van der Waals surface area contributed by atoms with Crippen LogP contribution in [0, 0.1) is 10.1 Å². The number of rotatable bonds is 6. The smallest absolute Gasteiger partial charge is 0.270 e. The van der Waals surface area contributed by atoms with Crippen LogP contribution in [0.1, 0.15) is 37.8 Å². The van der Waals surface area contributed by atoms with E-state index in [-0.39, 0.29) is 16.0 Å². The Labute approximate surface area is 190 Å². The lowest BCUT2D eigenvalue weighted by molar-refractivity contribution is -0.384. The van der Waals surface area contributed by atoms with Crippen molar-refractivity contribution < 1.29 is 14.4 Å². The highest BCUT2D eigenvalue weighted by Gasteiger charge is 2.57. The molecule has 2 aliphatic rings. The molecule has 2 heterocycles. The second kappa shape index (κ2) is 7.76. The average molecular weight is 520 g/mol. The molecule has 0 amide bonds. The molecule has 0 N–H and O–H groups in total. The zero-order chi connectivity index (χ0) is 21.5. The highest BCUT2D eigenvalue weighted by Crippen LogP contribution is 2.55. The first kappa shape index (κ1) is 21.0. The lowest BCUT2D eigenvalue weighted by Crippen LogP contribution is -2.58. The summed E-state index contributed by atoms with van der Waals surface area (Å²) in [7, 11) is 2.02. The number of benzene rings is 2. The molecule has 1 unspecified atom stereocenters. The molecule has 2 aromatic carbocycles. The summed E-state index contributed by atoms with van der Waals surface area (Å²) in [6.45, 7) is 5.04. The third-order valence-electron chi connectivity index (χ3n) is 6.15. The zero-order valence-electron chi connectivity index (χ0n) is 17.4. The fraction of sp³-hybridized carbons (Fsp3) is 0.391. The van der Waals surface area contributed by atoms with Gasteiger partial charge in [0.15, 0.2) is 0 Å². The van der Waals surface area contributed by atoms with Gasteiger partial charge in [-0.2, -0.15) is 0 Å².